The first-order chi connectivity index (χ1) is 8.11. The van der Waals surface area contributed by atoms with E-state index in [9.17, 15) is 4.79 Å². The number of aromatic nitrogens is 1. The lowest BCUT2D eigenvalue weighted by atomic mass is 10.1. The number of nitrogens with zero attached hydrogens (tertiary/aromatic N) is 1. The molecule has 0 aliphatic rings. The molecule has 17 heavy (non-hydrogen) atoms. The van der Waals surface area contributed by atoms with Crippen molar-refractivity contribution in [3.63, 3.8) is 0 Å². The molecule has 0 radical (unpaired) electrons. The van der Waals surface area contributed by atoms with Gasteiger partial charge in [0.1, 0.15) is 10.9 Å². The number of benzene rings is 1. The molecule has 0 aliphatic carbocycles. The summed E-state index contributed by atoms with van der Waals surface area (Å²) < 4.78 is 5.33. The van der Waals surface area contributed by atoms with Gasteiger partial charge in [0, 0.05) is 5.39 Å². The van der Waals surface area contributed by atoms with Crippen LogP contribution < -0.4 is 4.74 Å². The number of fused-ring (bicyclic) bond motifs is 1. The van der Waals surface area contributed by atoms with Crippen molar-refractivity contribution >= 4 is 28.5 Å². The third kappa shape index (κ3) is 2.31. The minimum absolute atomic E-state index is 0.126. The molecule has 0 aliphatic heterocycles. The van der Waals surface area contributed by atoms with Gasteiger partial charge in [-0.15, -0.1) is 0 Å². The third-order valence-electron chi connectivity index (χ3n) is 2.29. The first kappa shape index (κ1) is 11.7. The fraction of sp³-hybridized carbons (Fsp3) is 0.167. The number of ether oxygens (including phenoxy) is 1. The summed E-state index contributed by atoms with van der Waals surface area (Å²) in [5, 5.41) is 9.79. The van der Waals surface area contributed by atoms with Crippen LogP contribution >= 0.6 is 11.6 Å². The van der Waals surface area contributed by atoms with E-state index in [2.05, 4.69) is 4.98 Å². The van der Waals surface area contributed by atoms with Crippen LogP contribution in [-0.4, -0.2) is 22.7 Å². The summed E-state index contributed by atoms with van der Waals surface area (Å²) in [7, 11) is 0. The van der Waals surface area contributed by atoms with Gasteiger partial charge in [-0.05, 0) is 31.2 Å². The summed E-state index contributed by atoms with van der Waals surface area (Å²) in [6, 6.07) is 6.42. The van der Waals surface area contributed by atoms with E-state index in [0.717, 1.165) is 0 Å². The second-order valence-electron chi connectivity index (χ2n) is 3.41. The van der Waals surface area contributed by atoms with E-state index >= 15 is 0 Å². The highest BCUT2D eigenvalue weighted by atomic mass is 35.5. The lowest BCUT2D eigenvalue weighted by Gasteiger charge is -2.06. The zero-order chi connectivity index (χ0) is 12.4. The summed E-state index contributed by atoms with van der Waals surface area (Å²) in [5.74, 6) is -0.417. The Hall–Kier alpha value is -1.81. The van der Waals surface area contributed by atoms with E-state index in [1.807, 2.05) is 6.92 Å². The van der Waals surface area contributed by atoms with E-state index in [4.69, 9.17) is 21.4 Å². The van der Waals surface area contributed by atoms with Crippen molar-refractivity contribution in [1.82, 2.24) is 4.98 Å². The fourth-order valence-electron chi connectivity index (χ4n) is 1.61. The van der Waals surface area contributed by atoms with Gasteiger partial charge in [-0.2, -0.15) is 0 Å². The molecule has 1 aromatic carbocycles. The van der Waals surface area contributed by atoms with E-state index in [1.165, 1.54) is 6.07 Å². The Morgan fingerprint density at radius 2 is 2.24 bits per heavy atom. The van der Waals surface area contributed by atoms with E-state index in [0.29, 0.717) is 23.3 Å². The molecule has 2 rings (SSSR count). The number of rotatable bonds is 3. The average Bonchev–Trinajstić information content (AvgIpc) is 2.28. The smallest absolute Gasteiger partial charge is 0.336 e. The van der Waals surface area contributed by atoms with Crippen LogP contribution in [0.3, 0.4) is 0 Å². The molecule has 1 N–H and O–H groups in total. The number of halogens is 1. The number of hydrogen-bond donors (Lipinski definition) is 1. The van der Waals surface area contributed by atoms with Crippen LogP contribution in [0.2, 0.25) is 5.15 Å². The molecule has 0 saturated heterocycles. The van der Waals surface area contributed by atoms with Crippen LogP contribution in [-0.2, 0) is 0 Å². The number of carboxylic acids is 1. The normalized spacial score (nSPS) is 10.5. The number of pyridine rings is 1. The number of carboxylic acid groups (broad SMARTS) is 1. The van der Waals surface area contributed by atoms with E-state index in [-0.39, 0.29) is 10.7 Å². The van der Waals surface area contributed by atoms with Crippen LogP contribution in [0.4, 0.5) is 0 Å². The number of carbonyl (C=O) groups is 1. The maximum Gasteiger partial charge on any atom is 0.336 e. The number of hydrogen-bond acceptors (Lipinski definition) is 3. The average molecular weight is 252 g/mol. The van der Waals surface area contributed by atoms with Gasteiger partial charge in [0.05, 0.1) is 17.7 Å². The Balaban J connectivity index is 2.69. The highest BCUT2D eigenvalue weighted by Crippen LogP contribution is 2.25. The zero-order valence-corrected chi connectivity index (χ0v) is 9.86. The zero-order valence-electron chi connectivity index (χ0n) is 9.11. The largest absolute Gasteiger partial charge is 0.494 e. The highest BCUT2D eigenvalue weighted by molar-refractivity contribution is 6.30. The first-order valence-electron chi connectivity index (χ1n) is 5.08. The summed E-state index contributed by atoms with van der Waals surface area (Å²) in [4.78, 5) is 15.2. The second kappa shape index (κ2) is 4.59. The molecule has 1 aromatic heterocycles. The summed E-state index contributed by atoms with van der Waals surface area (Å²) in [5.41, 5.74) is 0.667. The Bertz CT molecular complexity index is 583. The molecule has 4 nitrogen and oxygen atoms in total. The molecular formula is C12H10ClNO3. The molecule has 0 fully saturated rings. The van der Waals surface area contributed by atoms with Gasteiger partial charge >= 0.3 is 5.97 Å². The van der Waals surface area contributed by atoms with Gasteiger partial charge in [0.2, 0.25) is 0 Å². The second-order valence-corrected chi connectivity index (χ2v) is 3.80. The fourth-order valence-corrected chi connectivity index (χ4v) is 1.81. The maximum atomic E-state index is 11.1. The van der Waals surface area contributed by atoms with Crippen LogP contribution in [0.1, 0.15) is 17.3 Å². The van der Waals surface area contributed by atoms with Crippen LogP contribution in [0.15, 0.2) is 24.3 Å². The SMILES string of the molecule is CCOc1ccc2nc(Cl)cc(C(=O)O)c2c1. The van der Waals surface area contributed by atoms with Crippen molar-refractivity contribution in [3.8, 4) is 5.75 Å². The highest BCUT2D eigenvalue weighted by Gasteiger charge is 2.12. The minimum atomic E-state index is -1.03. The maximum absolute atomic E-state index is 11.1. The van der Waals surface area contributed by atoms with Gasteiger partial charge in [-0.3, -0.25) is 0 Å². The quantitative estimate of drug-likeness (QED) is 0.852. The van der Waals surface area contributed by atoms with Crippen molar-refractivity contribution in [3.05, 3.63) is 35.0 Å². The lowest BCUT2D eigenvalue weighted by Crippen LogP contribution is -2.00. The first-order valence-corrected chi connectivity index (χ1v) is 5.46. The van der Waals surface area contributed by atoms with Crippen molar-refractivity contribution in [2.75, 3.05) is 6.61 Å². The van der Waals surface area contributed by atoms with Crippen molar-refractivity contribution in [1.29, 1.82) is 0 Å². The molecular weight excluding hydrogens is 242 g/mol. The molecule has 0 bridgehead atoms. The van der Waals surface area contributed by atoms with E-state index < -0.39 is 5.97 Å². The Kier molecular flexibility index (Phi) is 3.15. The predicted molar refractivity (Wildman–Crippen MR) is 64.9 cm³/mol. The molecule has 0 spiro atoms. The number of aromatic carboxylic acids is 1. The topological polar surface area (TPSA) is 59.4 Å². The Morgan fingerprint density at radius 1 is 1.47 bits per heavy atom. The molecule has 0 saturated carbocycles. The Labute approximate surface area is 103 Å². The molecule has 0 amide bonds. The van der Waals surface area contributed by atoms with Gasteiger partial charge in [-0.1, -0.05) is 11.6 Å². The van der Waals surface area contributed by atoms with Gasteiger partial charge in [0.25, 0.3) is 0 Å². The van der Waals surface area contributed by atoms with Gasteiger partial charge in [0.15, 0.2) is 0 Å². The molecule has 0 atom stereocenters. The lowest BCUT2D eigenvalue weighted by molar-refractivity contribution is 0.0699. The summed E-state index contributed by atoms with van der Waals surface area (Å²) >= 11 is 5.76. The van der Waals surface area contributed by atoms with Crippen LogP contribution in [0, 0.1) is 0 Å². The Morgan fingerprint density at radius 3 is 2.88 bits per heavy atom. The molecule has 88 valence electrons. The van der Waals surface area contributed by atoms with Crippen LogP contribution in [0.5, 0.6) is 5.75 Å². The monoisotopic (exact) mass is 251 g/mol. The van der Waals surface area contributed by atoms with Gasteiger partial charge in [-0.25, -0.2) is 9.78 Å². The minimum Gasteiger partial charge on any atom is -0.494 e. The van der Waals surface area contributed by atoms with Gasteiger partial charge < -0.3 is 9.84 Å². The van der Waals surface area contributed by atoms with E-state index in [1.54, 1.807) is 18.2 Å². The third-order valence-corrected chi connectivity index (χ3v) is 2.48. The molecule has 5 heteroatoms. The predicted octanol–water partition coefficient (Wildman–Crippen LogP) is 2.99. The molecule has 1 heterocycles. The van der Waals surface area contributed by atoms with Crippen LogP contribution in [0.25, 0.3) is 10.9 Å². The molecule has 0 unspecified atom stereocenters. The summed E-state index contributed by atoms with van der Waals surface area (Å²) in [6.07, 6.45) is 0. The van der Waals surface area contributed by atoms with Crippen molar-refractivity contribution in [2.24, 2.45) is 0 Å². The molecule has 2 aromatic rings. The van der Waals surface area contributed by atoms with Crippen molar-refractivity contribution < 1.29 is 14.6 Å². The standard InChI is InChI=1S/C12H10ClNO3/c1-2-17-7-3-4-10-8(5-7)9(12(15)16)6-11(13)14-10/h3-6H,2H2,1H3,(H,15,16). The van der Waals surface area contributed by atoms with Crippen molar-refractivity contribution in [2.45, 2.75) is 6.92 Å². The summed E-state index contributed by atoms with van der Waals surface area (Å²) in [6.45, 7) is 2.39.